The topological polar surface area (TPSA) is 61.5 Å². The van der Waals surface area contributed by atoms with Crippen molar-refractivity contribution in [3.8, 4) is 11.5 Å². The van der Waals surface area contributed by atoms with Crippen molar-refractivity contribution < 1.29 is 14.3 Å². The number of nitrogens with two attached hydrogens (primary N) is 1. The maximum absolute atomic E-state index is 12.7. The highest BCUT2D eigenvalue weighted by molar-refractivity contribution is 6.35. The molecule has 0 fully saturated rings. The van der Waals surface area contributed by atoms with Crippen LogP contribution in [0.25, 0.3) is 0 Å². The molecule has 0 unspecified atom stereocenters. The van der Waals surface area contributed by atoms with E-state index in [1.807, 2.05) is 6.92 Å². The molecule has 0 spiro atoms. The molecule has 0 heterocycles. The number of halogens is 1. The maximum atomic E-state index is 12.7. The lowest BCUT2D eigenvalue weighted by molar-refractivity contribution is 0.103. The summed E-state index contributed by atoms with van der Waals surface area (Å²) in [6.45, 7) is 2.29. The molecule has 0 aromatic heterocycles. The summed E-state index contributed by atoms with van der Waals surface area (Å²) < 4.78 is 10.6. The SMILES string of the molecule is CCOc1cccc(N)c1C(=O)c1ccc(OC)cc1Cl. The summed E-state index contributed by atoms with van der Waals surface area (Å²) in [6.07, 6.45) is 0. The number of anilines is 1. The lowest BCUT2D eigenvalue weighted by Gasteiger charge is -2.13. The number of rotatable bonds is 5. The Hall–Kier alpha value is -2.20. The van der Waals surface area contributed by atoms with Crippen molar-refractivity contribution in [2.75, 3.05) is 19.5 Å². The van der Waals surface area contributed by atoms with Crippen LogP contribution in [0.2, 0.25) is 5.02 Å². The quantitative estimate of drug-likeness (QED) is 0.677. The van der Waals surface area contributed by atoms with E-state index < -0.39 is 0 Å². The molecule has 0 aliphatic rings. The normalized spacial score (nSPS) is 10.2. The Kier molecular flexibility index (Phi) is 4.70. The molecule has 2 aromatic rings. The van der Waals surface area contributed by atoms with Gasteiger partial charge in [0.05, 0.1) is 24.3 Å². The summed E-state index contributed by atoms with van der Waals surface area (Å²) in [5.41, 5.74) is 6.97. The summed E-state index contributed by atoms with van der Waals surface area (Å²) in [5.74, 6) is 0.765. The largest absolute Gasteiger partial charge is 0.497 e. The highest BCUT2D eigenvalue weighted by Crippen LogP contribution is 2.31. The van der Waals surface area contributed by atoms with E-state index in [-0.39, 0.29) is 5.78 Å². The van der Waals surface area contributed by atoms with Gasteiger partial charge in [0.25, 0.3) is 0 Å². The highest BCUT2D eigenvalue weighted by atomic mass is 35.5. The fourth-order valence-corrected chi connectivity index (χ4v) is 2.26. The van der Waals surface area contributed by atoms with E-state index in [2.05, 4.69) is 0 Å². The zero-order valence-corrected chi connectivity index (χ0v) is 12.6. The van der Waals surface area contributed by atoms with Gasteiger partial charge in [0.2, 0.25) is 0 Å². The number of hydrogen-bond donors (Lipinski definition) is 1. The van der Waals surface area contributed by atoms with E-state index in [9.17, 15) is 4.79 Å². The van der Waals surface area contributed by atoms with E-state index in [0.29, 0.717) is 39.9 Å². The van der Waals surface area contributed by atoms with Crippen molar-refractivity contribution in [2.45, 2.75) is 6.92 Å². The first-order valence-corrected chi connectivity index (χ1v) is 6.85. The number of benzene rings is 2. The van der Waals surface area contributed by atoms with Crippen molar-refractivity contribution in [3.63, 3.8) is 0 Å². The van der Waals surface area contributed by atoms with Gasteiger partial charge in [0.15, 0.2) is 5.78 Å². The molecule has 5 heteroatoms. The molecule has 2 N–H and O–H groups in total. The maximum Gasteiger partial charge on any atom is 0.200 e. The van der Waals surface area contributed by atoms with Crippen LogP contribution in [0.15, 0.2) is 36.4 Å². The van der Waals surface area contributed by atoms with Gasteiger partial charge in [-0.2, -0.15) is 0 Å². The summed E-state index contributed by atoms with van der Waals surface area (Å²) in [6, 6.07) is 10.0. The molecular formula is C16H16ClNO3. The van der Waals surface area contributed by atoms with Crippen LogP contribution in [0.3, 0.4) is 0 Å². The molecule has 110 valence electrons. The zero-order chi connectivity index (χ0) is 15.4. The Labute approximate surface area is 128 Å². The molecular weight excluding hydrogens is 290 g/mol. The standard InChI is InChI=1S/C16H16ClNO3/c1-3-21-14-6-4-5-13(18)15(14)16(19)11-8-7-10(20-2)9-12(11)17/h4-9H,3,18H2,1-2H3. The van der Waals surface area contributed by atoms with Crippen LogP contribution < -0.4 is 15.2 Å². The Bertz CT molecular complexity index is 671. The van der Waals surface area contributed by atoms with Crippen molar-refractivity contribution in [1.82, 2.24) is 0 Å². The van der Waals surface area contributed by atoms with Crippen LogP contribution in [-0.4, -0.2) is 19.5 Å². The molecule has 0 atom stereocenters. The Morgan fingerprint density at radius 2 is 2.05 bits per heavy atom. The monoisotopic (exact) mass is 305 g/mol. The molecule has 0 amide bonds. The van der Waals surface area contributed by atoms with Crippen LogP contribution in [-0.2, 0) is 0 Å². The first kappa shape index (κ1) is 15.2. The predicted molar refractivity (Wildman–Crippen MR) is 83.5 cm³/mol. The minimum Gasteiger partial charge on any atom is -0.497 e. The molecule has 2 rings (SSSR count). The number of nitrogen functional groups attached to an aromatic ring is 1. The van der Waals surface area contributed by atoms with Gasteiger partial charge in [-0.25, -0.2) is 0 Å². The van der Waals surface area contributed by atoms with Gasteiger partial charge in [-0.05, 0) is 37.3 Å². The van der Waals surface area contributed by atoms with Gasteiger partial charge in [-0.3, -0.25) is 4.79 Å². The first-order valence-electron chi connectivity index (χ1n) is 6.48. The number of ketones is 1. The smallest absolute Gasteiger partial charge is 0.200 e. The minimum absolute atomic E-state index is 0.274. The minimum atomic E-state index is -0.274. The van der Waals surface area contributed by atoms with E-state index in [0.717, 1.165) is 0 Å². The van der Waals surface area contributed by atoms with E-state index >= 15 is 0 Å². The van der Waals surface area contributed by atoms with Crippen molar-refractivity contribution >= 4 is 23.1 Å². The number of carbonyl (C=O) groups is 1. The van der Waals surface area contributed by atoms with Gasteiger partial charge in [0.1, 0.15) is 11.5 Å². The fourth-order valence-electron chi connectivity index (χ4n) is 2.01. The number of carbonyl (C=O) groups excluding carboxylic acids is 1. The first-order chi connectivity index (χ1) is 10.1. The van der Waals surface area contributed by atoms with E-state index in [1.165, 1.54) is 7.11 Å². The Balaban J connectivity index is 2.49. The van der Waals surface area contributed by atoms with Crippen LogP contribution in [0.5, 0.6) is 11.5 Å². The summed E-state index contributed by atoms with van der Waals surface area (Å²) in [7, 11) is 1.54. The molecule has 0 saturated carbocycles. The van der Waals surface area contributed by atoms with Crippen LogP contribution in [0.1, 0.15) is 22.8 Å². The van der Waals surface area contributed by atoms with Crippen molar-refractivity contribution in [3.05, 3.63) is 52.5 Å². The van der Waals surface area contributed by atoms with Crippen LogP contribution in [0.4, 0.5) is 5.69 Å². The van der Waals surface area contributed by atoms with Gasteiger partial charge in [-0.1, -0.05) is 17.7 Å². The lowest BCUT2D eigenvalue weighted by atomic mass is 10.0. The average Bonchev–Trinajstić information content (AvgIpc) is 2.47. The average molecular weight is 306 g/mol. The third-order valence-corrected chi connectivity index (χ3v) is 3.32. The molecule has 0 radical (unpaired) electrons. The predicted octanol–water partition coefficient (Wildman–Crippen LogP) is 3.56. The van der Waals surface area contributed by atoms with Gasteiger partial charge >= 0.3 is 0 Å². The van der Waals surface area contributed by atoms with Crippen molar-refractivity contribution in [1.29, 1.82) is 0 Å². The third-order valence-electron chi connectivity index (χ3n) is 3.01. The van der Waals surface area contributed by atoms with Crippen molar-refractivity contribution in [2.24, 2.45) is 0 Å². The Morgan fingerprint density at radius 3 is 2.67 bits per heavy atom. The zero-order valence-electron chi connectivity index (χ0n) is 11.9. The third kappa shape index (κ3) is 3.11. The second-order valence-corrected chi connectivity index (χ2v) is 4.74. The van der Waals surface area contributed by atoms with Crippen LogP contribution in [0, 0.1) is 0 Å². The lowest BCUT2D eigenvalue weighted by Crippen LogP contribution is -2.09. The summed E-state index contributed by atoms with van der Waals surface area (Å²) >= 11 is 6.15. The fraction of sp³-hybridized carbons (Fsp3) is 0.188. The molecule has 0 aliphatic carbocycles. The van der Waals surface area contributed by atoms with Gasteiger partial charge < -0.3 is 15.2 Å². The highest BCUT2D eigenvalue weighted by Gasteiger charge is 2.20. The summed E-state index contributed by atoms with van der Waals surface area (Å²) in [5, 5.41) is 0.310. The van der Waals surface area contributed by atoms with Gasteiger partial charge in [-0.15, -0.1) is 0 Å². The molecule has 4 nitrogen and oxygen atoms in total. The molecule has 0 bridgehead atoms. The second-order valence-electron chi connectivity index (χ2n) is 4.33. The number of methoxy groups -OCH3 is 1. The van der Waals surface area contributed by atoms with E-state index in [4.69, 9.17) is 26.8 Å². The molecule has 0 saturated heterocycles. The molecule has 2 aromatic carbocycles. The summed E-state index contributed by atoms with van der Waals surface area (Å²) in [4.78, 5) is 12.7. The number of hydrogen-bond acceptors (Lipinski definition) is 4. The van der Waals surface area contributed by atoms with Crippen LogP contribution >= 0.6 is 11.6 Å². The number of ether oxygens (including phenoxy) is 2. The second kappa shape index (κ2) is 6.50. The van der Waals surface area contributed by atoms with E-state index in [1.54, 1.807) is 36.4 Å². The Morgan fingerprint density at radius 1 is 1.29 bits per heavy atom. The molecule has 0 aliphatic heterocycles. The van der Waals surface area contributed by atoms with Gasteiger partial charge in [0, 0.05) is 11.3 Å². The molecule has 21 heavy (non-hydrogen) atoms.